The lowest BCUT2D eigenvalue weighted by molar-refractivity contribution is -0.140. The van der Waals surface area contributed by atoms with Crippen LogP contribution in [0.25, 0.3) is 0 Å². The van der Waals surface area contributed by atoms with E-state index >= 15 is 0 Å². The van der Waals surface area contributed by atoms with Crippen LogP contribution in [0.15, 0.2) is 24.3 Å². The minimum atomic E-state index is -0.833. The van der Waals surface area contributed by atoms with Crippen molar-refractivity contribution < 1.29 is 14.4 Å². The Morgan fingerprint density at radius 1 is 1.12 bits per heavy atom. The highest BCUT2D eigenvalue weighted by molar-refractivity contribution is 6.33. The smallest absolute Gasteiger partial charge is 0.325 e. The van der Waals surface area contributed by atoms with Crippen LogP contribution < -0.4 is 10.2 Å². The van der Waals surface area contributed by atoms with Crippen molar-refractivity contribution in [3.05, 3.63) is 29.3 Å². The number of nitrogens with one attached hydrogen (secondary N) is 1. The van der Waals surface area contributed by atoms with Gasteiger partial charge in [0, 0.05) is 26.2 Å². The van der Waals surface area contributed by atoms with Crippen LogP contribution in [-0.2, 0) is 9.59 Å². The van der Waals surface area contributed by atoms with Gasteiger partial charge < -0.3 is 15.1 Å². The number of piperazine rings is 1. The number of benzene rings is 1. The Bertz CT molecular complexity index is 918. The number of carbonyl (C=O) groups excluding carboxylic acids is 3. The molecule has 0 radical (unpaired) electrons. The zero-order valence-electron chi connectivity index (χ0n) is 19.9. The quantitative estimate of drug-likeness (QED) is 0.657. The number of anilines is 1. The zero-order valence-corrected chi connectivity index (χ0v) is 20.7. The highest BCUT2D eigenvalue weighted by Crippen LogP contribution is 2.45. The van der Waals surface area contributed by atoms with Gasteiger partial charge in [0.25, 0.3) is 5.91 Å². The summed E-state index contributed by atoms with van der Waals surface area (Å²) in [4.78, 5) is 43.9. The monoisotopic (exact) mass is 474 g/mol. The highest BCUT2D eigenvalue weighted by atomic mass is 35.5. The largest absolute Gasteiger partial charge is 0.367 e. The molecule has 180 valence electrons. The van der Waals surface area contributed by atoms with E-state index in [0.29, 0.717) is 50.0 Å². The molecule has 1 N–H and O–H groups in total. The lowest BCUT2D eigenvalue weighted by Crippen LogP contribution is -2.53. The molecule has 4 amide bonds. The van der Waals surface area contributed by atoms with E-state index in [-0.39, 0.29) is 23.8 Å². The normalized spacial score (nSPS) is 26.2. The molecule has 1 saturated carbocycles. The van der Waals surface area contributed by atoms with E-state index in [0.717, 1.165) is 29.8 Å². The number of amides is 4. The van der Waals surface area contributed by atoms with Gasteiger partial charge in [0.15, 0.2) is 0 Å². The molecule has 3 fully saturated rings. The molecule has 0 atom stereocenters. The van der Waals surface area contributed by atoms with Crippen molar-refractivity contribution in [1.82, 2.24) is 15.1 Å². The highest BCUT2D eigenvalue weighted by Gasteiger charge is 2.54. The molecular weight excluding hydrogens is 440 g/mol. The number of urea groups is 1. The minimum Gasteiger partial charge on any atom is -0.367 e. The summed E-state index contributed by atoms with van der Waals surface area (Å²) in [6.45, 7) is 8.96. The van der Waals surface area contributed by atoms with Gasteiger partial charge >= 0.3 is 6.03 Å². The second-order valence-electron chi connectivity index (χ2n) is 10.3. The predicted molar refractivity (Wildman–Crippen MR) is 129 cm³/mol. The van der Waals surface area contributed by atoms with Gasteiger partial charge in [0.1, 0.15) is 12.1 Å². The van der Waals surface area contributed by atoms with Gasteiger partial charge in [0.05, 0.1) is 10.7 Å². The van der Waals surface area contributed by atoms with E-state index in [4.69, 9.17) is 11.6 Å². The predicted octanol–water partition coefficient (Wildman–Crippen LogP) is 3.91. The molecule has 4 rings (SSSR count). The van der Waals surface area contributed by atoms with Crippen LogP contribution in [0.4, 0.5) is 10.5 Å². The lowest BCUT2D eigenvalue weighted by atomic mass is 9.65. The molecule has 1 spiro atoms. The van der Waals surface area contributed by atoms with E-state index in [1.165, 1.54) is 0 Å². The number of carbonyl (C=O) groups is 3. The summed E-state index contributed by atoms with van der Waals surface area (Å²) in [5.74, 6) is 0.126. The number of hydrogen-bond donors (Lipinski definition) is 1. The molecule has 1 aromatic rings. The third-order valence-corrected chi connectivity index (χ3v) is 8.54. The minimum absolute atomic E-state index is 0.185. The lowest BCUT2D eigenvalue weighted by Gasteiger charge is -2.42. The average molecular weight is 475 g/mol. The van der Waals surface area contributed by atoms with Crippen molar-refractivity contribution in [2.75, 3.05) is 37.6 Å². The molecule has 8 heteroatoms. The van der Waals surface area contributed by atoms with Gasteiger partial charge in [-0.3, -0.25) is 14.5 Å². The second kappa shape index (κ2) is 9.16. The maximum absolute atomic E-state index is 13.3. The van der Waals surface area contributed by atoms with Gasteiger partial charge in [-0.15, -0.1) is 0 Å². The van der Waals surface area contributed by atoms with E-state index in [2.05, 4.69) is 31.0 Å². The summed E-state index contributed by atoms with van der Waals surface area (Å²) in [5.41, 5.74) is 0.360. The van der Waals surface area contributed by atoms with Crippen LogP contribution in [0.5, 0.6) is 0 Å². The van der Waals surface area contributed by atoms with E-state index < -0.39 is 11.6 Å². The fourth-order valence-corrected chi connectivity index (χ4v) is 5.73. The summed E-state index contributed by atoms with van der Waals surface area (Å²) >= 11 is 6.30. The Morgan fingerprint density at radius 2 is 1.76 bits per heavy atom. The summed E-state index contributed by atoms with van der Waals surface area (Å²) in [6, 6.07) is 7.24. The van der Waals surface area contributed by atoms with E-state index in [1.54, 1.807) is 4.90 Å². The summed E-state index contributed by atoms with van der Waals surface area (Å²) in [5, 5.41) is 3.64. The molecule has 0 aromatic heterocycles. The third-order valence-electron chi connectivity index (χ3n) is 8.22. The SMILES string of the molecule is CCC(C)(C)C1CCC2(CC1)NC(=O)N(CC(=O)N1CCN(c3ccccc3Cl)CC1)C2=O. The number of rotatable bonds is 5. The van der Waals surface area contributed by atoms with Crippen LogP contribution in [0.2, 0.25) is 5.02 Å². The number of nitrogens with zero attached hydrogens (tertiary/aromatic N) is 3. The van der Waals surface area contributed by atoms with Crippen molar-refractivity contribution in [2.24, 2.45) is 11.3 Å². The summed E-state index contributed by atoms with van der Waals surface area (Å²) < 4.78 is 0. The van der Waals surface area contributed by atoms with Gasteiger partial charge in [-0.25, -0.2) is 4.79 Å². The molecule has 0 unspecified atom stereocenters. The fraction of sp³-hybridized carbons (Fsp3) is 0.640. The first kappa shape index (κ1) is 23.9. The Balaban J connectivity index is 1.33. The first-order chi connectivity index (χ1) is 15.7. The topological polar surface area (TPSA) is 73.0 Å². The Kier molecular flexibility index (Phi) is 6.63. The summed E-state index contributed by atoms with van der Waals surface area (Å²) in [6.07, 6.45) is 4.21. The fourth-order valence-electron chi connectivity index (χ4n) is 5.48. The average Bonchev–Trinajstić information content (AvgIpc) is 3.03. The van der Waals surface area contributed by atoms with E-state index in [1.807, 2.05) is 24.3 Å². The third kappa shape index (κ3) is 4.57. The molecule has 7 nitrogen and oxygen atoms in total. The van der Waals surface area contributed by atoms with Crippen molar-refractivity contribution >= 4 is 35.1 Å². The van der Waals surface area contributed by atoms with Crippen LogP contribution in [0.1, 0.15) is 52.9 Å². The van der Waals surface area contributed by atoms with Crippen LogP contribution in [0, 0.1) is 11.3 Å². The number of imide groups is 1. The van der Waals surface area contributed by atoms with Crippen molar-refractivity contribution in [3.8, 4) is 0 Å². The molecule has 3 aliphatic rings. The maximum atomic E-state index is 13.3. The van der Waals surface area contributed by atoms with Crippen molar-refractivity contribution in [3.63, 3.8) is 0 Å². The van der Waals surface area contributed by atoms with Gasteiger partial charge in [-0.1, -0.05) is 50.9 Å². The van der Waals surface area contributed by atoms with Gasteiger partial charge in [-0.05, 0) is 49.1 Å². The second-order valence-corrected chi connectivity index (χ2v) is 10.7. The molecule has 1 aromatic carbocycles. The number of para-hydroxylation sites is 1. The first-order valence-corrected chi connectivity index (χ1v) is 12.5. The zero-order chi connectivity index (χ0) is 23.8. The van der Waals surface area contributed by atoms with Gasteiger partial charge in [0.2, 0.25) is 5.91 Å². The number of hydrogen-bond acceptors (Lipinski definition) is 4. The van der Waals surface area contributed by atoms with Crippen LogP contribution in [0.3, 0.4) is 0 Å². The Morgan fingerprint density at radius 3 is 2.36 bits per heavy atom. The van der Waals surface area contributed by atoms with Crippen molar-refractivity contribution in [2.45, 2.75) is 58.4 Å². The Hall–Kier alpha value is -2.28. The van der Waals surface area contributed by atoms with Crippen molar-refractivity contribution in [1.29, 1.82) is 0 Å². The maximum Gasteiger partial charge on any atom is 0.325 e. The molecule has 2 aliphatic heterocycles. The molecule has 2 saturated heterocycles. The standard InChI is InChI=1S/C25H35ClN4O3/c1-4-24(2,3)18-9-11-25(12-10-18)22(32)30(23(33)27-25)17-21(31)29-15-13-28(14-16-29)20-8-6-5-7-19(20)26/h5-8,18H,4,9-17H2,1-3H3,(H,27,33). The number of halogens is 1. The molecule has 0 bridgehead atoms. The van der Waals surface area contributed by atoms with E-state index in [9.17, 15) is 14.4 Å². The summed E-state index contributed by atoms with van der Waals surface area (Å²) in [7, 11) is 0. The Labute approximate surface area is 201 Å². The first-order valence-electron chi connectivity index (χ1n) is 12.1. The van der Waals surface area contributed by atoms with Crippen LogP contribution in [-0.4, -0.2) is 65.9 Å². The van der Waals surface area contributed by atoms with Gasteiger partial charge in [-0.2, -0.15) is 0 Å². The molecule has 2 heterocycles. The molecular formula is C25H35ClN4O3. The molecule has 33 heavy (non-hydrogen) atoms. The van der Waals surface area contributed by atoms with Crippen LogP contribution >= 0.6 is 11.6 Å². The molecule has 1 aliphatic carbocycles.